The average molecular weight is 144 g/mol. The average Bonchev–Trinajstić information content (AvgIpc) is 2.17. The molecule has 0 aromatic heterocycles. The van der Waals surface area contributed by atoms with E-state index in [-0.39, 0.29) is 50.3 Å². The van der Waals surface area contributed by atoms with E-state index in [2.05, 4.69) is 4.74 Å². The van der Waals surface area contributed by atoms with Crippen LogP contribution in [0.3, 0.4) is 0 Å². The van der Waals surface area contributed by atoms with E-state index >= 15 is 0 Å². The van der Waals surface area contributed by atoms with Crippen LogP contribution in [0.2, 0.25) is 0 Å². The van der Waals surface area contributed by atoms with E-state index in [9.17, 15) is 4.79 Å². The van der Waals surface area contributed by atoms with Crippen molar-refractivity contribution in [2.24, 2.45) is 0 Å². The monoisotopic (exact) mass is 144 g/mol. The van der Waals surface area contributed by atoms with Gasteiger partial charge in [-0.25, -0.2) is 0 Å². The number of rotatable bonds is 2. The molecule has 0 unspecified atom stereocenters. The quantitative estimate of drug-likeness (QED) is 0.397. The molecule has 0 bridgehead atoms. The zero-order valence-electron chi connectivity index (χ0n) is 3.76. The molecular formula is C4H8CaO3. The van der Waals surface area contributed by atoms with E-state index in [4.69, 9.17) is 5.11 Å². The van der Waals surface area contributed by atoms with Crippen molar-refractivity contribution in [3.63, 3.8) is 0 Å². The zero-order chi connectivity index (χ0) is 5.28. The molecule has 0 spiro atoms. The van der Waals surface area contributed by atoms with E-state index in [1.54, 1.807) is 0 Å². The minimum absolute atomic E-state index is 0. The molecule has 0 aromatic rings. The van der Waals surface area contributed by atoms with Crippen molar-refractivity contribution >= 4 is 43.7 Å². The Hall–Kier alpha value is 0.690. The molecule has 1 fully saturated rings. The molecule has 4 heteroatoms. The number of epoxide rings is 1. The van der Waals surface area contributed by atoms with Crippen molar-refractivity contribution in [2.45, 2.75) is 12.5 Å². The zero-order valence-corrected chi connectivity index (χ0v) is 3.76. The Kier molecular flexibility index (Phi) is 3.98. The summed E-state index contributed by atoms with van der Waals surface area (Å²) in [7, 11) is 0. The van der Waals surface area contributed by atoms with E-state index in [0.29, 0.717) is 6.61 Å². The van der Waals surface area contributed by atoms with Gasteiger partial charge in [0.2, 0.25) is 0 Å². The third-order valence-electron chi connectivity index (χ3n) is 0.805. The second kappa shape index (κ2) is 3.67. The summed E-state index contributed by atoms with van der Waals surface area (Å²) in [6.45, 7) is 0.631. The number of hydrogen-bond acceptors (Lipinski definition) is 2. The summed E-state index contributed by atoms with van der Waals surface area (Å²) < 4.78 is 4.64. The van der Waals surface area contributed by atoms with Gasteiger partial charge in [-0.2, -0.15) is 0 Å². The van der Waals surface area contributed by atoms with Crippen molar-refractivity contribution in [3.8, 4) is 0 Å². The van der Waals surface area contributed by atoms with Crippen molar-refractivity contribution in [1.82, 2.24) is 0 Å². The Morgan fingerprint density at radius 3 is 2.50 bits per heavy atom. The second-order valence-electron chi connectivity index (χ2n) is 1.55. The van der Waals surface area contributed by atoms with Crippen LogP contribution in [0.15, 0.2) is 0 Å². The first kappa shape index (κ1) is 8.69. The van der Waals surface area contributed by atoms with E-state index in [1.807, 2.05) is 0 Å². The molecule has 0 amide bonds. The first-order valence-electron chi connectivity index (χ1n) is 2.12. The fraction of sp³-hybridized carbons (Fsp3) is 0.750. The van der Waals surface area contributed by atoms with Gasteiger partial charge in [0.1, 0.15) is 0 Å². The Morgan fingerprint density at radius 2 is 2.38 bits per heavy atom. The Bertz CT molecular complexity index is 89.3. The topological polar surface area (TPSA) is 49.8 Å². The summed E-state index contributed by atoms with van der Waals surface area (Å²) in [5.41, 5.74) is 0. The molecule has 3 nitrogen and oxygen atoms in total. The Morgan fingerprint density at radius 1 is 1.88 bits per heavy atom. The summed E-state index contributed by atoms with van der Waals surface area (Å²) in [4.78, 5) is 9.77. The first-order valence-corrected chi connectivity index (χ1v) is 2.12. The minimum atomic E-state index is -0.775. The molecule has 1 N–H and O–H groups in total. The predicted octanol–water partition coefficient (Wildman–Crippen LogP) is -1.06. The molecule has 0 saturated carbocycles. The fourth-order valence-electron chi connectivity index (χ4n) is 0.381. The van der Waals surface area contributed by atoms with Gasteiger partial charge >= 0.3 is 43.7 Å². The van der Waals surface area contributed by atoms with Crippen molar-refractivity contribution in [2.75, 3.05) is 6.61 Å². The molecule has 1 rings (SSSR count). The molecule has 1 aliphatic rings. The Balaban J connectivity index is 0.000000490. The van der Waals surface area contributed by atoms with Gasteiger partial charge in [0.05, 0.1) is 19.1 Å². The van der Waals surface area contributed by atoms with Gasteiger partial charge in [0, 0.05) is 0 Å². The van der Waals surface area contributed by atoms with Crippen LogP contribution in [0.5, 0.6) is 0 Å². The van der Waals surface area contributed by atoms with Crippen LogP contribution in [0.25, 0.3) is 0 Å². The van der Waals surface area contributed by atoms with Crippen LogP contribution >= 0.6 is 0 Å². The standard InChI is InChI=1S/C4H6O3.Ca.2H/c5-4(6)1-3-2-7-3;;;/h3H,1-2H2,(H,5,6);;;/t3-;;;/m1.../s1. The van der Waals surface area contributed by atoms with Gasteiger partial charge in [-0.1, -0.05) is 0 Å². The van der Waals surface area contributed by atoms with Gasteiger partial charge in [-0.15, -0.1) is 0 Å². The van der Waals surface area contributed by atoms with E-state index < -0.39 is 5.97 Å². The number of carboxylic acid groups (broad SMARTS) is 1. The summed E-state index contributed by atoms with van der Waals surface area (Å²) in [6, 6.07) is 0. The van der Waals surface area contributed by atoms with Gasteiger partial charge in [0.15, 0.2) is 0 Å². The summed E-state index contributed by atoms with van der Waals surface area (Å²) in [5.74, 6) is -0.775. The van der Waals surface area contributed by atoms with Crippen LogP contribution in [-0.4, -0.2) is 61.5 Å². The molecule has 1 atom stereocenters. The van der Waals surface area contributed by atoms with Crippen LogP contribution in [0.4, 0.5) is 0 Å². The molecule has 44 valence electrons. The summed E-state index contributed by atoms with van der Waals surface area (Å²) >= 11 is 0. The molecule has 8 heavy (non-hydrogen) atoms. The number of carboxylic acids is 1. The van der Waals surface area contributed by atoms with Crippen molar-refractivity contribution in [1.29, 1.82) is 0 Å². The van der Waals surface area contributed by atoms with Crippen LogP contribution in [-0.2, 0) is 9.53 Å². The van der Waals surface area contributed by atoms with Gasteiger partial charge in [-0.3, -0.25) is 4.79 Å². The van der Waals surface area contributed by atoms with Gasteiger partial charge in [-0.05, 0) is 0 Å². The molecule has 0 aromatic carbocycles. The van der Waals surface area contributed by atoms with Crippen LogP contribution < -0.4 is 0 Å². The van der Waals surface area contributed by atoms with Crippen LogP contribution in [0.1, 0.15) is 6.42 Å². The third-order valence-corrected chi connectivity index (χ3v) is 0.805. The fourth-order valence-corrected chi connectivity index (χ4v) is 0.381. The number of hydrogen-bond donors (Lipinski definition) is 1. The SMILES string of the molecule is O=C(O)C[C@@H]1CO1.[CaH2]. The second-order valence-corrected chi connectivity index (χ2v) is 1.55. The predicted molar refractivity (Wildman–Crippen MR) is 30.5 cm³/mol. The molecular weight excluding hydrogens is 136 g/mol. The maximum atomic E-state index is 9.77. The Labute approximate surface area is 77.0 Å². The van der Waals surface area contributed by atoms with Crippen molar-refractivity contribution in [3.05, 3.63) is 0 Å². The molecule has 0 radical (unpaired) electrons. The molecule has 0 aliphatic carbocycles. The molecule has 1 saturated heterocycles. The summed E-state index contributed by atoms with van der Waals surface area (Å²) in [5, 5.41) is 8.04. The van der Waals surface area contributed by atoms with Crippen LogP contribution in [0, 0.1) is 0 Å². The summed E-state index contributed by atoms with van der Waals surface area (Å²) in [6.07, 6.45) is 0.192. The van der Waals surface area contributed by atoms with Gasteiger partial charge in [0.25, 0.3) is 0 Å². The normalized spacial score (nSPS) is 23.8. The maximum absolute atomic E-state index is 9.77. The number of ether oxygens (including phenoxy) is 1. The number of carbonyl (C=O) groups is 1. The molecule has 1 aliphatic heterocycles. The van der Waals surface area contributed by atoms with E-state index in [1.165, 1.54) is 0 Å². The van der Waals surface area contributed by atoms with Crippen molar-refractivity contribution < 1.29 is 14.6 Å². The third kappa shape index (κ3) is 3.66. The van der Waals surface area contributed by atoms with Gasteiger partial charge < -0.3 is 9.84 Å². The molecule has 1 heterocycles. The first-order chi connectivity index (χ1) is 3.29. The van der Waals surface area contributed by atoms with E-state index in [0.717, 1.165) is 0 Å². The number of aliphatic carboxylic acids is 1.